The zero-order valence-corrected chi connectivity index (χ0v) is 18.1. The minimum atomic E-state index is -3.68. The highest BCUT2D eigenvalue weighted by Crippen LogP contribution is 2.51. The number of nitrogens with one attached hydrogen (secondary N) is 2. The SMILES string of the molecule is CC(NC(=S)Nc1ccc(Cl)cc1)P(=O)(Oc1ccccc1)Oc1ccccc1. The lowest BCUT2D eigenvalue weighted by Gasteiger charge is -2.26. The zero-order chi connectivity index (χ0) is 20.7. The van der Waals surface area contributed by atoms with Crippen molar-refractivity contribution in [2.45, 2.75) is 12.7 Å². The molecule has 0 aliphatic heterocycles. The van der Waals surface area contributed by atoms with Crippen molar-refractivity contribution in [3.8, 4) is 11.5 Å². The molecule has 1 unspecified atom stereocenters. The number of hydrogen-bond acceptors (Lipinski definition) is 4. The summed E-state index contributed by atoms with van der Waals surface area (Å²) in [4.78, 5) is 0. The summed E-state index contributed by atoms with van der Waals surface area (Å²) in [6.45, 7) is 1.70. The maximum absolute atomic E-state index is 13.7. The van der Waals surface area contributed by atoms with E-state index >= 15 is 0 Å². The molecule has 1 atom stereocenters. The average molecular weight is 447 g/mol. The van der Waals surface area contributed by atoms with Crippen molar-refractivity contribution in [2.75, 3.05) is 5.32 Å². The third-order valence-corrected chi connectivity index (χ3v) is 6.35. The Morgan fingerprint density at radius 1 is 0.897 bits per heavy atom. The summed E-state index contributed by atoms with van der Waals surface area (Å²) >= 11 is 11.3. The summed E-state index contributed by atoms with van der Waals surface area (Å²) in [7, 11) is -3.68. The van der Waals surface area contributed by atoms with E-state index in [1.165, 1.54) is 0 Å². The molecule has 5 nitrogen and oxygen atoms in total. The van der Waals surface area contributed by atoms with E-state index in [0.717, 1.165) is 5.69 Å². The van der Waals surface area contributed by atoms with Crippen LogP contribution in [-0.4, -0.2) is 10.9 Å². The Balaban J connectivity index is 1.75. The molecule has 0 bridgehead atoms. The number of para-hydroxylation sites is 2. The van der Waals surface area contributed by atoms with Gasteiger partial charge in [-0.1, -0.05) is 48.0 Å². The molecule has 8 heteroatoms. The van der Waals surface area contributed by atoms with Gasteiger partial charge in [0.15, 0.2) is 10.9 Å². The third-order valence-electron chi connectivity index (χ3n) is 3.87. The topological polar surface area (TPSA) is 59.6 Å². The maximum Gasteiger partial charge on any atom is 0.452 e. The Hall–Kier alpha value is -2.53. The Kier molecular flexibility index (Phi) is 7.15. The van der Waals surface area contributed by atoms with E-state index in [1.54, 1.807) is 79.7 Å². The highest BCUT2D eigenvalue weighted by Gasteiger charge is 2.36. The van der Waals surface area contributed by atoms with Crippen LogP contribution in [0.4, 0.5) is 5.69 Å². The first-order valence-electron chi connectivity index (χ1n) is 8.87. The normalized spacial score (nSPS) is 11.9. The second-order valence-corrected chi connectivity index (χ2v) is 9.19. The summed E-state index contributed by atoms with van der Waals surface area (Å²) < 4.78 is 25.3. The van der Waals surface area contributed by atoms with Crippen LogP contribution in [0, 0.1) is 0 Å². The first-order valence-corrected chi connectivity index (χ1v) is 11.3. The number of hydrogen-bond donors (Lipinski definition) is 2. The zero-order valence-electron chi connectivity index (χ0n) is 15.6. The molecule has 0 spiro atoms. The summed E-state index contributed by atoms with van der Waals surface area (Å²) in [5.74, 6) is 0.157. The van der Waals surface area contributed by atoms with E-state index in [-0.39, 0.29) is 5.11 Å². The van der Waals surface area contributed by atoms with Gasteiger partial charge in [-0.3, -0.25) is 0 Å². The fraction of sp³-hybridized carbons (Fsp3) is 0.0952. The summed E-state index contributed by atoms with van der Waals surface area (Å²) in [5.41, 5.74) is 0.752. The van der Waals surface area contributed by atoms with Crippen LogP contribution in [0.2, 0.25) is 5.02 Å². The Morgan fingerprint density at radius 3 is 1.86 bits per heavy atom. The van der Waals surface area contributed by atoms with Gasteiger partial charge in [0.2, 0.25) is 0 Å². The molecule has 0 aliphatic carbocycles. The molecular weight excluding hydrogens is 427 g/mol. The van der Waals surface area contributed by atoms with E-state index in [9.17, 15) is 4.57 Å². The van der Waals surface area contributed by atoms with Crippen LogP contribution in [0.5, 0.6) is 11.5 Å². The fourth-order valence-corrected chi connectivity index (χ4v) is 4.38. The van der Waals surface area contributed by atoms with E-state index in [0.29, 0.717) is 16.5 Å². The molecule has 0 aliphatic rings. The molecule has 2 N–H and O–H groups in total. The Bertz CT molecular complexity index is 942. The molecule has 0 radical (unpaired) electrons. The third kappa shape index (κ3) is 6.23. The second kappa shape index (κ2) is 9.79. The summed E-state index contributed by atoms with van der Waals surface area (Å²) in [6, 6.07) is 24.9. The van der Waals surface area contributed by atoms with Crippen molar-refractivity contribution in [3.63, 3.8) is 0 Å². The van der Waals surface area contributed by atoms with Gasteiger partial charge in [-0.2, -0.15) is 0 Å². The van der Waals surface area contributed by atoms with Crippen molar-refractivity contribution < 1.29 is 13.6 Å². The first-order chi connectivity index (χ1) is 13.9. The number of thiocarbonyl (C=S) groups is 1. The number of halogens is 1. The molecule has 150 valence electrons. The predicted octanol–water partition coefficient (Wildman–Crippen LogP) is 6.32. The number of anilines is 1. The molecule has 0 saturated heterocycles. The molecule has 3 aromatic rings. The van der Waals surface area contributed by atoms with Crippen molar-refractivity contribution in [1.82, 2.24) is 5.32 Å². The highest BCUT2D eigenvalue weighted by molar-refractivity contribution is 7.80. The van der Waals surface area contributed by atoms with Crippen molar-refractivity contribution in [2.24, 2.45) is 0 Å². The van der Waals surface area contributed by atoms with Gasteiger partial charge in [0.25, 0.3) is 0 Å². The molecule has 0 amide bonds. The molecular formula is C21H20ClN2O3PS. The highest BCUT2D eigenvalue weighted by atomic mass is 35.5. The standard InChI is InChI=1S/C21H20ClN2O3PS/c1-16(23-21(29)24-18-14-12-17(22)13-15-18)28(25,26-19-8-4-2-5-9-19)27-20-10-6-3-7-11-20/h2-16H,1H3,(H2,23,24,29). The lowest BCUT2D eigenvalue weighted by molar-refractivity contribution is 0.371. The fourth-order valence-electron chi connectivity index (χ4n) is 2.40. The van der Waals surface area contributed by atoms with Crippen molar-refractivity contribution in [3.05, 3.63) is 90.0 Å². The lowest BCUT2D eigenvalue weighted by atomic mass is 10.3. The van der Waals surface area contributed by atoms with Crippen LogP contribution in [0.3, 0.4) is 0 Å². The minimum Gasteiger partial charge on any atom is -0.415 e. The number of rotatable bonds is 7. The van der Waals surface area contributed by atoms with Gasteiger partial charge in [0, 0.05) is 10.7 Å². The Labute approximate surface area is 180 Å². The van der Waals surface area contributed by atoms with Gasteiger partial charge in [-0.05, 0) is 67.7 Å². The average Bonchev–Trinajstić information content (AvgIpc) is 2.71. The quantitative estimate of drug-likeness (QED) is 0.327. The molecule has 0 heterocycles. The molecule has 0 saturated carbocycles. The monoisotopic (exact) mass is 446 g/mol. The van der Waals surface area contributed by atoms with Crippen LogP contribution in [-0.2, 0) is 4.57 Å². The molecule has 0 aromatic heterocycles. The smallest absolute Gasteiger partial charge is 0.415 e. The summed E-state index contributed by atoms with van der Waals surface area (Å²) in [5, 5.41) is 6.94. The number of benzene rings is 3. The second-order valence-electron chi connectivity index (χ2n) is 6.13. The maximum atomic E-state index is 13.7. The van der Waals surface area contributed by atoms with Crippen LogP contribution < -0.4 is 19.7 Å². The molecule has 0 fully saturated rings. The van der Waals surface area contributed by atoms with Gasteiger partial charge in [-0.15, -0.1) is 0 Å². The predicted molar refractivity (Wildman–Crippen MR) is 122 cm³/mol. The minimum absolute atomic E-state index is 0.286. The van der Waals surface area contributed by atoms with E-state index in [4.69, 9.17) is 32.9 Å². The van der Waals surface area contributed by atoms with Gasteiger partial charge in [-0.25, -0.2) is 4.57 Å². The van der Waals surface area contributed by atoms with Gasteiger partial charge >= 0.3 is 7.60 Å². The van der Waals surface area contributed by atoms with Crippen LogP contribution in [0.1, 0.15) is 6.92 Å². The van der Waals surface area contributed by atoms with E-state index in [2.05, 4.69) is 10.6 Å². The van der Waals surface area contributed by atoms with E-state index < -0.39 is 13.4 Å². The van der Waals surface area contributed by atoms with E-state index in [1.807, 2.05) is 12.1 Å². The summed E-state index contributed by atoms with van der Waals surface area (Å²) in [6.07, 6.45) is 0. The van der Waals surface area contributed by atoms with Crippen LogP contribution in [0.25, 0.3) is 0 Å². The van der Waals surface area contributed by atoms with Gasteiger partial charge in [0.1, 0.15) is 11.5 Å². The first kappa shape index (κ1) is 21.2. The van der Waals surface area contributed by atoms with Crippen LogP contribution >= 0.6 is 31.4 Å². The van der Waals surface area contributed by atoms with Crippen molar-refractivity contribution >= 4 is 42.2 Å². The van der Waals surface area contributed by atoms with Crippen molar-refractivity contribution in [1.29, 1.82) is 0 Å². The molecule has 3 aromatic carbocycles. The molecule has 3 rings (SSSR count). The molecule has 29 heavy (non-hydrogen) atoms. The lowest BCUT2D eigenvalue weighted by Crippen LogP contribution is -2.37. The van der Waals surface area contributed by atoms with Crippen LogP contribution in [0.15, 0.2) is 84.9 Å². The van der Waals surface area contributed by atoms with Gasteiger partial charge in [0.05, 0.1) is 0 Å². The van der Waals surface area contributed by atoms with Gasteiger partial charge < -0.3 is 19.7 Å². The Morgan fingerprint density at radius 2 is 1.38 bits per heavy atom. The largest absolute Gasteiger partial charge is 0.452 e.